The van der Waals surface area contributed by atoms with E-state index in [2.05, 4.69) is 72.6 Å². The van der Waals surface area contributed by atoms with Crippen LogP contribution in [0.2, 0.25) is 0 Å². The molecule has 1 fully saturated rings. The number of nitrogens with zero attached hydrogens (tertiary/aromatic N) is 4. The number of carbonyl (C=O) groups is 1. The third-order valence-corrected chi connectivity index (χ3v) is 7.16. The molecule has 0 spiro atoms. The van der Waals surface area contributed by atoms with Crippen LogP contribution in [-0.2, 0) is 4.79 Å². The lowest BCUT2D eigenvalue weighted by Crippen LogP contribution is -2.33. The molecule has 0 aliphatic carbocycles. The molecule has 4 aromatic rings. The molecule has 2 N–H and O–H groups in total. The largest absolute Gasteiger partial charge is 0.378 e. The number of aromatic nitrogens is 2. The molecule has 8 heteroatoms. The Morgan fingerprint density at radius 3 is 2.58 bits per heavy atom. The highest BCUT2D eigenvalue weighted by Gasteiger charge is 2.41. The molecule has 1 aliphatic heterocycles. The first-order chi connectivity index (χ1) is 18.4. The molecule has 1 amide bonds. The van der Waals surface area contributed by atoms with Crippen molar-refractivity contribution in [2.75, 3.05) is 30.9 Å². The summed E-state index contributed by atoms with van der Waals surface area (Å²) in [6.45, 7) is 2.48. The van der Waals surface area contributed by atoms with Crippen LogP contribution in [0, 0.1) is 6.92 Å². The molecule has 3 heterocycles. The molecule has 0 bridgehead atoms. The second kappa shape index (κ2) is 11.1. The topological polar surface area (TPSA) is 65.4 Å². The maximum absolute atomic E-state index is 12.9. The van der Waals surface area contributed by atoms with Crippen molar-refractivity contribution in [2.45, 2.75) is 25.4 Å². The summed E-state index contributed by atoms with van der Waals surface area (Å²) in [5.41, 5.74) is 6.08. The summed E-state index contributed by atoms with van der Waals surface area (Å²) in [5, 5.41) is 7.12. The fourth-order valence-electron chi connectivity index (χ4n) is 4.92. The van der Waals surface area contributed by atoms with Crippen molar-refractivity contribution in [3.63, 3.8) is 0 Å². The van der Waals surface area contributed by atoms with Crippen molar-refractivity contribution in [3.05, 3.63) is 108 Å². The van der Waals surface area contributed by atoms with Crippen LogP contribution in [0.5, 0.6) is 0 Å². The van der Waals surface area contributed by atoms with Gasteiger partial charge in [-0.15, -0.1) is 0 Å². The summed E-state index contributed by atoms with van der Waals surface area (Å²) in [7, 11) is 4.07. The molecule has 194 valence electrons. The molecule has 0 radical (unpaired) electrons. The first-order valence-corrected chi connectivity index (χ1v) is 13.1. The van der Waals surface area contributed by atoms with Gasteiger partial charge in [-0.1, -0.05) is 18.2 Å². The van der Waals surface area contributed by atoms with Crippen LogP contribution in [-0.4, -0.2) is 46.1 Å². The van der Waals surface area contributed by atoms with Gasteiger partial charge in [-0.25, -0.2) is 0 Å². The Morgan fingerprint density at radius 1 is 1.05 bits per heavy atom. The maximum atomic E-state index is 12.9. The van der Waals surface area contributed by atoms with Crippen LogP contribution in [0.25, 0.3) is 5.69 Å². The number of hydrogen-bond acceptors (Lipinski definition) is 4. The Labute approximate surface area is 229 Å². The predicted molar refractivity (Wildman–Crippen MR) is 157 cm³/mol. The Hall–Kier alpha value is -4.17. The van der Waals surface area contributed by atoms with Crippen LogP contribution >= 0.6 is 12.2 Å². The van der Waals surface area contributed by atoms with Gasteiger partial charge in [-0.3, -0.25) is 9.78 Å². The lowest BCUT2D eigenvalue weighted by molar-refractivity contribution is -0.116. The van der Waals surface area contributed by atoms with E-state index in [-0.39, 0.29) is 18.0 Å². The van der Waals surface area contributed by atoms with Crippen LogP contribution < -0.4 is 15.5 Å². The van der Waals surface area contributed by atoms with Crippen LogP contribution in [0.15, 0.2) is 91.3 Å². The van der Waals surface area contributed by atoms with Gasteiger partial charge in [-0.2, -0.15) is 0 Å². The van der Waals surface area contributed by atoms with Crippen molar-refractivity contribution < 1.29 is 4.79 Å². The quantitative estimate of drug-likeness (QED) is 0.307. The van der Waals surface area contributed by atoms with Gasteiger partial charge < -0.3 is 25.0 Å². The van der Waals surface area contributed by atoms with Gasteiger partial charge in [0.1, 0.15) is 0 Å². The molecule has 1 saturated heterocycles. The monoisotopic (exact) mass is 524 g/mol. The minimum absolute atomic E-state index is 0.0481. The minimum atomic E-state index is -0.154. The van der Waals surface area contributed by atoms with Crippen molar-refractivity contribution in [1.29, 1.82) is 0 Å². The molecule has 2 aromatic heterocycles. The summed E-state index contributed by atoms with van der Waals surface area (Å²) >= 11 is 5.81. The number of benzene rings is 2. The highest BCUT2D eigenvalue weighted by molar-refractivity contribution is 7.80. The van der Waals surface area contributed by atoms with Gasteiger partial charge in [0.05, 0.1) is 17.8 Å². The Bertz CT molecular complexity index is 1420. The maximum Gasteiger partial charge on any atom is 0.226 e. The lowest BCUT2D eigenvalue weighted by atomic mass is 10.0. The second-order valence-corrected chi connectivity index (χ2v) is 10.1. The summed E-state index contributed by atoms with van der Waals surface area (Å²) in [5.74, 6) is -0.0481. The number of nitrogens with one attached hydrogen (secondary N) is 2. The highest BCUT2D eigenvalue weighted by atomic mass is 32.1. The van der Waals surface area contributed by atoms with E-state index in [1.165, 1.54) is 0 Å². The number of amides is 1. The van der Waals surface area contributed by atoms with Crippen LogP contribution in [0.1, 0.15) is 35.5 Å². The van der Waals surface area contributed by atoms with E-state index in [1.807, 2.05) is 63.5 Å². The fraction of sp³-hybridized carbons (Fsp3) is 0.233. The molecular formula is C30H32N6OS. The molecule has 2 aromatic carbocycles. The van der Waals surface area contributed by atoms with Crippen molar-refractivity contribution in [2.24, 2.45) is 0 Å². The van der Waals surface area contributed by atoms with E-state index < -0.39 is 0 Å². The Balaban J connectivity index is 1.44. The normalized spacial score (nSPS) is 16.8. The number of aryl methyl sites for hydroxylation is 1. The second-order valence-electron chi connectivity index (χ2n) is 9.70. The first kappa shape index (κ1) is 25.5. The number of pyridine rings is 1. The molecule has 38 heavy (non-hydrogen) atoms. The smallest absolute Gasteiger partial charge is 0.226 e. The average Bonchev–Trinajstić information content (AvgIpc) is 3.52. The molecule has 1 aliphatic rings. The zero-order chi connectivity index (χ0) is 26.6. The van der Waals surface area contributed by atoms with Crippen molar-refractivity contribution in [3.8, 4) is 5.69 Å². The lowest BCUT2D eigenvalue weighted by Gasteiger charge is -2.29. The molecule has 0 saturated carbocycles. The van der Waals surface area contributed by atoms with Gasteiger partial charge in [-0.05, 0) is 85.4 Å². The molecule has 7 nitrogen and oxygen atoms in total. The number of hydrogen-bond donors (Lipinski definition) is 2. The zero-order valence-corrected chi connectivity index (χ0v) is 22.7. The molecule has 0 unspecified atom stereocenters. The van der Waals surface area contributed by atoms with E-state index >= 15 is 0 Å². The van der Waals surface area contributed by atoms with E-state index in [1.54, 1.807) is 6.20 Å². The fourth-order valence-corrected chi connectivity index (χ4v) is 5.25. The third kappa shape index (κ3) is 5.40. The van der Waals surface area contributed by atoms with Gasteiger partial charge in [0.25, 0.3) is 0 Å². The van der Waals surface area contributed by atoms with E-state index in [4.69, 9.17) is 12.2 Å². The SMILES string of the molecule is Cc1cccc(NC(=O)CCN2C(=S)N[C@H](c3ccccn3)[C@H]2c2cccn2-c2ccc(N(C)C)cc2)c1. The third-order valence-electron chi connectivity index (χ3n) is 6.81. The molecule has 2 atom stereocenters. The summed E-state index contributed by atoms with van der Waals surface area (Å²) < 4.78 is 2.19. The Morgan fingerprint density at radius 2 is 1.87 bits per heavy atom. The average molecular weight is 525 g/mol. The standard InChI is InChI=1S/C30H32N6OS/c1-21-8-6-9-22(20-21)32-27(37)16-19-36-29(28(33-30(36)38)25-10-4-5-17-31-25)26-11-7-18-35(26)24-14-12-23(13-15-24)34(2)3/h4-15,17-18,20,28-29H,16,19H2,1-3H3,(H,32,37)(H,33,38)/t28-,29-/m1/s1. The molecule has 5 rings (SSSR count). The summed E-state index contributed by atoms with van der Waals surface area (Å²) in [6.07, 6.45) is 4.17. The Kier molecular flexibility index (Phi) is 7.42. The van der Waals surface area contributed by atoms with Gasteiger partial charge in [0.2, 0.25) is 5.91 Å². The highest BCUT2D eigenvalue weighted by Crippen LogP contribution is 2.39. The zero-order valence-electron chi connectivity index (χ0n) is 21.8. The van der Waals surface area contributed by atoms with Crippen LogP contribution in [0.4, 0.5) is 11.4 Å². The number of rotatable bonds is 8. The van der Waals surface area contributed by atoms with Crippen molar-refractivity contribution >= 4 is 34.6 Å². The predicted octanol–water partition coefficient (Wildman–Crippen LogP) is 5.25. The van der Waals surface area contributed by atoms with Gasteiger partial charge in [0.15, 0.2) is 5.11 Å². The number of carbonyl (C=O) groups excluding carboxylic acids is 1. The van der Waals surface area contributed by atoms with Gasteiger partial charge in [0, 0.05) is 62.2 Å². The first-order valence-electron chi connectivity index (χ1n) is 12.7. The minimum Gasteiger partial charge on any atom is -0.378 e. The summed E-state index contributed by atoms with van der Waals surface area (Å²) in [6, 6.07) is 26.1. The van der Waals surface area contributed by atoms with Crippen LogP contribution in [0.3, 0.4) is 0 Å². The molecular weight excluding hydrogens is 492 g/mol. The van der Waals surface area contributed by atoms with E-state index in [9.17, 15) is 4.79 Å². The number of anilines is 2. The van der Waals surface area contributed by atoms with E-state index in [0.717, 1.165) is 34.0 Å². The van der Waals surface area contributed by atoms with E-state index in [0.29, 0.717) is 18.1 Å². The van der Waals surface area contributed by atoms with Crippen molar-refractivity contribution in [1.82, 2.24) is 19.8 Å². The van der Waals surface area contributed by atoms with Gasteiger partial charge >= 0.3 is 0 Å². The number of thiocarbonyl (C=S) groups is 1. The summed E-state index contributed by atoms with van der Waals surface area (Å²) in [4.78, 5) is 21.7.